The molecule has 0 saturated carbocycles. The summed E-state index contributed by atoms with van der Waals surface area (Å²) in [5.74, 6) is 0. The lowest BCUT2D eigenvalue weighted by Gasteiger charge is -2.15. The first-order valence-electron chi connectivity index (χ1n) is 6.24. The molecule has 2 aromatic rings. The predicted molar refractivity (Wildman–Crippen MR) is 74.9 cm³/mol. The van der Waals surface area contributed by atoms with Gasteiger partial charge in [0.2, 0.25) is 0 Å². The molecule has 5 heteroatoms. The normalized spacial score (nSPS) is 12.9. The summed E-state index contributed by atoms with van der Waals surface area (Å²) in [6.07, 6.45) is 3.03. The second-order valence-corrected chi connectivity index (χ2v) is 5.48. The fourth-order valence-corrected chi connectivity index (χ4v) is 2.99. The minimum atomic E-state index is 0.300. The molecule has 0 amide bonds. The molecule has 1 N–H and O–H groups in total. The van der Waals surface area contributed by atoms with Crippen molar-refractivity contribution in [3.8, 4) is 0 Å². The van der Waals surface area contributed by atoms with Crippen LogP contribution < -0.4 is 5.32 Å². The van der Waals surface area contributed by atoms with E-state index in [9.17, 15) is 0 Å². The Morgan fingerprint density at radius 2 is 2.22 bits per heavy atom. The molecule has 0 spiro atoms. The molecule has 0 aliphatic carbocycles. The molecule has 2 aromatic heterocycles. The van der Waals surface area contributed by atoms with E-state index in [4.69, 9.17) is 0 Å². The number of likely N-dealkylation sites (N-methyl/N-ethyl adjacent to an activating group) is 1. The fourth-order valence-electron chi connectivity index (χ4n) is 2.17. The standard InChI is InChI=1S/C13H20N4S/c1-5-14-12(6-13-15-9(2)8-18-13)11-7-17(4)16-10(11)3/h7-8,12,14H,5-6H2,1-4H3. The first-order chi connectivity index (χ1) is 8.60. The van der Waals surface area contributed by atoms with Crippen LogP contribution in [0.5, 0.6) is 0 Å². The van der Waals surface area contributed by atoms with E-state index in [0.717, 1.165) is 24.4 Å². The van der Waals surface area contributed by atoms with Crippen LogP contribution in [-0.4, -0.2) is 21.3 Å². The van der Waals surface area contributed by atoms with Gasteiger partial charge in [-0.05, 0) is 20.4 Å². The van der Waals surface area contributed by atoms with Crippen LogP contribution in [-0.2, 0) is 13.5 Å². The average Bonchev–Trinajstić information content (AvgIpc) is 2.84. The van der Waals surface area contributed by atoms with Gasteiger partial charge in [-0.15, -0.1) is 11.3 Å². The van der Waals surface area contributed by atoms with Crippen molar-refractivity contribution in [2.24, 2.45) is 7.05 Å². The van der Waals surface area contributed by atoms with Crippen LogP contribution in [0.4, 0.5) is 0 Å². The van der Waals surface area contributed by atoms with Gasteiger partial charge in [0.05, 0.1) is 10.7 Å². The summed E-state index contributed by atoms with van der Waals surface area (Å²) < 4.78 is 1.88. The van der Waals surface area contributed by atoms with Crippen LogP contribution in [0.1, 0.15) is 34.9 Å². The van der Waals surface area contributed by atoms with Gasteiger partial charge in [0.25, 0.3) is 0 Å². The highest BCUT2D eigenvalue weighted by molar-refractivity contribution is 7.09. The monoisotopic (exact) mass is 264 g/mol. The number of hydrogen-bond acceptors (Lipinski definition) is 4. The molecule has 4 nitrogen and oxygen atoms in total. The maximum atomic E-state index is 4.55. The van der Waals surface area contributed by atoms with E-state index in [1.807, 2.05) is 18.7 Å². The Balaban J connectivity index is 2.20. The third kappa shape index (κ3) is 2.97. The number of hydrogen-bond donors (Lipinski definition) is 1. The molecule has 1 unspecified atom stereocenters. The molecule has 98 valence electrons. The smallest absolute Gasteiger partial charge is 0.0947 e. The molecule has 0 bridgehead atoms. The number of nitrogens with zero attached hydrogens (tertiary/aromatic N) is 3. The van der Waals surface area contributed by atoms with Gasteiger partial charge in [-0.25, -0.2) is 4.98 Å². The fraction of sp³-hybridized carbons (Fsp3) is 0.538. The highest BCUT2D eigenvalue weighted by Gasteiger charge is 2.17. The van der Waals surface area contributed by atoms with Crippen molar-refractivity contribution in [2.45, 2.75) is 33.2 Å². The van der Waals surface area contributed by atoms with E-state index in [1.165, 1.54) is 10.6 Å². The van der Waals surface area contributed by atoms with Crippen LogP contribution in [0.25, 0.3) is 0 Å². The third-order valence-electron chi connectivity index (χ3n) is 2.92. The summed E-state index contributed by atoms with van der Waals surface area (Å²) in [6.45, 7) is 7.18. The molecule has 0 aliphatic rings. The van der Waals surface area contributed by atoms with Crippen LogP contribution in [0, 0.1) is 13.8 Å². The lowest BCUT2D eigenvalue weighted by molar-refractivity contribution is 0.545. The second kappa shape index (κ2) is 5.63. The zero-order valence-corrected chi connectivity index (χ0v) is 12.2. The van der Waals surface area contributed by atoms with Gasteiger partial charge in [0, 0.05) is 42.3 Å². The lowest BCUT2D eigenvalue weighted by Crippen LogP contribution is -2.23. The highest BCUT2D eigenvalue weighted by Crippen LogP contribution is 2.22. The average molecular weight is 264 g/mol. The van der Waals surface area contributed by atoms with Crippen molar-refractivity contribution in [1.82, 2.24) is 20.1 Å². The number of aryl methyl sites for hydroxylation is 3. The zero-order valence-electron chi connectivity index (χ0n) is 11.4. The molecule has 18 heavy (non-hydrogen) atoms. The van der Waals surface area contributed by atoms with Gasteiger partial charge in [-0.1, -0.05) is 6.92 Å². The van der Waals surface area contributed by atoms with Crippen LogP contribution in [0.15, 0.2) is 11.6 Å². The molecular weight excluding hydrogens is 244 g/mol. The van der Waals surface area contributed by atoms with E-state index >= 15 is 0 Å². The van der Waals surface area contributed by atoms with Gasteiger partial charge in [-0.2, -0.15) is 5.10 Å². The Morgan fingerprint density at radius 1 is 1.44 bits per heavy atom. The van der Waals surface area contributed by atoms with Crippen molar-refractivity contribution < 1.29 is 0 Å². The Kier molecular flexibility index (Phi) is 4.14. The minimum Gasteiger partial charge on any atom is -0.310 e. The van der Waals surface area contributed by atoms with Crippen LogP contribution in [0.2, 0.25) is 0 Å². The molecular formula is C13H20N4S. The largest absolute Gasteiger partial charge is 0.310 e. The van der Waals surface area contributed by atoms with Crippen LogP contribution in [0.3, 0.4) is 0 Å². The maximum Gasteiger partial charge on any atom is 0.0947 e. The van der Waals surface area contributed by atoms with Gasteiger partial charge in [0.15, 0.2) is 0 Å². The summed E-state index contributed by atoms with van der Waals surface area (Å²) in [7, 11) is 1.97. The summed E-state index contributed by atoms with van der Waals surface area (Å²) in [5.41, 5.74) is 3.47. The van der Waals surface area contributed by atoms with E-state index in [1.54, 1.807) is 11.3 Å². The third-order valence-corrected chi connectivity index (χ3v) is 3.91. The number of rotatable bonds is 5. The molecule has 0 aromatic carbocycles. The van der Waals surface area contributed by atoms with Gasteiger partial charge < -0.3 is 5.32 Å². The van der Waals surface area contributed by atoms with E-state index in [0.29, 0.717) is 6.04 Å². The summed E-state index contributed by atoms with van der Waals surface area (Å²) >= 11 is 1.73. The summed E-state index contributed by atoms with van der Waals surface area (Å²) in [5, 5.41) is 11.2. The van der Waals surface area contributed by atoms with Crippen molar-refractivity contribution in [3.63, 3.8) is 0 Å². The zero-order chi connectivity index (χ0) is 13.1. The molecule has 1 atom stereocenters. The predicted octanol–water partition coefficient (Wildman–Crippen LogP) is 2.39. The Morgan fingerprint density at radius 3 is 2.72 bits per heavy atom. The van der Waals surface area contributed by atoms with E-state index in [2.05, 4.69) is 40.8 Å². The molecule has 0 fully saturated rings. The highest BCUT2D eigenvalue weighted by atomic mass is 32.1. The first-order valence-corrected chi connectivity index (χ1v) is 7.12. The Labute approximate surface area is 112 Å². The quantitative estimate of drug-likeness (QED) is 0.901. The van der Waals surface area contributed by atoms with Crippen molar-refractivity contribution in [3.05, 3.63) is 33.5 Å². The topological polar surface area (TPSA) is 42.7 Å². The molecule has 2 rings (SSSR count). The molecule has 0 aliphatic heterocycles. The Bertz CT molecular complexity index is 515. The molecule has 0 saturated heterocycles. The molecule has 2 heterocycles. The maximum absolute atomic E-state index is 4.55. The minimum absolute atomic E-state index is 0.300. The van der Waals surface area contributed by atoms with Gasteiger partial charge >= 0.3 is 0 Å². The van der Waals surface area contributed by atoms with Gasteiger partial charge in [-0.3, -0.25) is 4.68 Å². The van der Waals surface area contributed by atoms with E-state index < -0.39 is 0 Å². The number of nitrogens with one attached hydrogen (secondary N) is 1. The molecule has 0 radical (unpaired) electrons. The summed E-state index contributed by atoms with van der Waals surface area (Å²) in [6, 6.07) is 0.300. The SMILES string of the molecule is CCNC(Cc1nc(C)cs1)c1cn(C)nc1C. The van der Waals surface area contributed by atoms with Crippen molar-refractivity contribution >= 4 is 11.3 Å². The number of thiazole rings is 1. The van der Waals surface area contributed by atoms with Gasteiger partial charge in [0.1, 0.15) is 0 Å². The van der Waals surface area contributed by atoms with Crippen molar-refractivity contribution in [1.29, 1.82) is 0 Å². The second-order valence-electron chi connectivity index (χ2n) is 4.54. The lowest BCUT2D eigenvalue weighted by atomic mass is 10.1. The Hall–Kier alpha value is -1.20. The van der Waals surface area contributed by atoms with Crippen LogP contribution >= 0.6 is 11.3 Å². The number of aromatic nitrogens is 3. The van der Waals surface area contributed by atoms with E-state index in [-0.39, 0.29) is 0 Å². The van der Waals surface area contributed by atoms with Crippen molar-refractivity contribution in [2.75, 3.05) is 6.54 Å². The summed E-state index contributed by atoms with van der Waals surface area (Å²) in [4.78, 5) is 4.55. The first kappa shape index (κ1) is 13.2.